The number of hydrogen-bond donors (Lipinski definition) is 0. The van der Waals surface area contributed by atoms with Gasteiger partial charge in [0.1, 0.15) is 0 Å². The van der Waals surface area contributed by atoms with Gasteiger partial charge in [0.05, 0.1) is 0 Å². The van der Waals surface area contributed by atoms with Crippen LogP contribution in [0, 0.1) is 0 Å². The van der Waals surface area contributed by atoms with Gasteiger partial charge in [0, 0.05) is 13.7 Å². The van der Waals surface area contributed by atoms with Crippen LogP contribution in [0.5, 0.6) is 0 Å². The van der Waals surface area contributed by atoms with Crippen LogP contribution in [0.1, 0.15) is 0 Å². The van der Waals surface area contributed by atoms with Gasteiger partial charge >= 0.3 is 58.4 Å². The van der Waals surface area contributed by atoms with E-state index in [1.807, 2.05) is 0 Å². The minimum atomic E-state index is -4.89. The Kier molecular flexibility index (Phi) is 7.97. The third-order valence-corrected chi connectivity index (χ3v) is 0.793. The summed E-state index contributed by atoms with van der Waals surface area (Å²) in [5.74, 6) is 0. The molecular weight excluding hydrogens is 171 g/mol. The largest absolute Gasteiger partial charge is 1.00 e. The average molecular weight is 178 g/mol. The SMILES string of the molecule is C=C(COC)[B-](F)(F)F.[K+]. The minimum absolute atomic E-state index is 0. The molecule has 0 aromatic rings. The van der Waals surface area contributed by atoms with Gasteiger partial charge < -0.3 is 17.7 Å². The monoisotopic (exact) mass is 178 g/mol. The molecule has 1 nitrogen and oxygen atoms in total. The van der Waals surface area contributed by atoms with E-state index in [9.17, 15) is 12.9 Å². The first kappa shape index (κ1) is 13.8. The van der Waals surface area contributed by atoms with Crippen molar-refractivity contribution in [3.63, 3.8) is 0 Å². The maximum atomic E-state index is 11.5. The Balaban J connectivity index is 0. The van der Waals surface area contributed by atoms with Crippen molar-refractivity contribution >= 4 is 6.98 Å². The topological polar surface area (TPSA) is 9.23 Å². The summed E-state index contributed by atoms with van der Waals surface area (Å²) in [6.07, 6.45) is 0. The smallest absolute Gasteiger partial charge is 0.445 e. The van der Waals surface area contributed by atoms with Gasteiger partial charge in [-0.05, 0) is 0 Å². The van der Waals surface area contributed by atoms with Crippen LogP contribution in [0.4, 0.5) is 12.9 Å². The van der Waals surface area contributed by atoms with Crippen LogP contribution in [0.2, 0.25) is 0 Å². The second-order valence-electron chi connectivity index (χ2n) is 1.67. The summed E-state index contributed by atoms with van der Waals surface area (Å²) in [7, 11) is 1.20. The van der Waals surface area contributed by atoms with Crippen molar-refractivity contribution in [3.05, 3.63) is 12.1 Å². The molecule has 0 saturated heterocycles. The molecule has 0 rings (SSSR count). The summed E-state index contributed by atoms with van der Waals surface area (Å²) in [6.45, 7) is -2.52. The quantitative estimate of drug-likeness (QED) is 0.482. The molecule has 0 heterocycles. The predicted molar refractivity (Wildman–Crippen MR) is 30.1 cm³/mol. The fourth-order valence-corrected chi connectivity index (χ4v) is 0.280. The van der Waals surface area contributed by atoms with Crippen LogP contribution in [0.25, 0.3) is 0 Å². The summed E-state index contributed by atoms with van der Waals surface area (Å²) >= 11 is 0. The summed E-state index contributed by atoms with van der Waals surface area (Å²) in [4.78, 5) is 0. The molecule has 0 amide bonds. The summed E-state index contributed by atoms with van der Waals surface area (Å²) in [5, 5.41) is 0. The van der Waals surface area contributed by atoms with Gasteiger partial charge in [0.25, 0.3) is 0 Å². The molecule has 0 aliphatic rings. The molecule has 0 fully saturated rings. The van der Waals surface area contributed by atoms with Crippen LogP contribution in [0.15, 0.2) is 12.1 Å². The standard InChI is InChI=1S/C4H7BF3O.K/c1-4(3-9-2)5(6,7)8;/h1,3H2,2H3;/q-1;+1. The van der Waals surface area contributed by atoms with Gasteiger partial charge in [-0.1, -0.05) is 0 Å². The Morgan fingerprint density at radius 1 is 1.50 bits per heavy atom. The third kappa shape index (κ3) is 5.94. The average Bonchev–Trinajstić information content (AvgIpc) is 1.64. The van der Waals surface area contributed by atoms with E-state index in [2.05, 4.69) is 11.3 Å². The van der Waals surface area contributed by atoms with Gasteiger partial charge in [-0.2, -0.15) is 0 Å². The van der Waals surface area contributed by atoms with Crippen LogP contribution >= 0.6 is 0 Å². The Bertz CT molecular complexity index is 114. The normalized spacial score (nSPS) is 10.4. The fourth-order valence-electron chi connectivity index (χ4n) is 0.280. The first-order chi connectivity index (χ1) is 3.98. The first-order valence-electron chi connectivity index (χ1n) is 2.35. The number of rotatable bonds is 3. The van der Waals surface area contributed by atoms with Gasteiger partial charge in [-0.3, -0.25) is 0 Å². The molecular formula is C4H7BF3KO. The summed E-state index contributed by atoms with van der Waals surface area (Å²) in [5.41, 5.74) is -0.794. The van der Waals surface area contributed by atoms with E-state index in [0.29, 0.717) is 0 Å². The van der Waals surface area contributed by atoms with E-state index in [1.54, 1.807) is 0 Å². The third-order valence-electron chi connectivity index (χ3n) is 0.793. The molecule has 0 bridgehead atoms. The van der Waals surface area contributed by atoms with E-state index < -0.39 is 19.1 Å². The van der Waals surface area contributed by atoms with E-state index in [4.69, 9.17) is 0 Å². The van der Waals surface area contributed by atoms with Gasteiger partial charge in [0.15, 0.2) is 0 Å². The summed E-state index contributed by atoms with van der Waals surface area (Å²) < 4.78 is 38.8. The molecule has 0 aliphatic carbocycles. The van der Waals surface area contributed by atoms with Crippen LogP contribution in [-0.4, -0.2) is 20.7 Å². The zero-order valence-corrected chi connectivity index (χ0v) is 9.16. The number of ether oxygens (including phenoxy) is 1. The Labute approximate surface area is 100 Å². The van der Waals surface area contributed by atoms with Crippen molar-refractivity contribution in [1.29, 1.82) is 0 Å². The molecule has 0 N–H and O–H groups in total. The van der Waals surface area contributed by atoms with Gasteiger partial charge in [-0.25, -0.2) is 0 Å². The molecule has 0 saturated carbocycles. The van der Waals surface area contributed by atoms with Crippen molar-refractivity contribution in [1.82, 2.24) is 0 Å². The number of hydrogen-bond acceptors (Lipinski definition) is 1. The molecule has 6 heteroatoms. The second-order valence-corrected chi connectivity index (χ2v) is 1.67. The number of halogens is 3. The van der Waals surface area contributed by atoms with Crippen LogP contribution in [-0.2, 0) is 4.74 Å². The number of methoxy groups -OCH3 is 1. The van der Waals surface area contributed by atoms with Crippen LogP contribution in [0.3, 0.4) is 0 Å². The van der Waals surface area contributed by atoms with Crippen molar-refractivity contribution in [3.8, 4) is 0 Å². The Hall–Kier alpha value is 1.19. The molecule has 0 spiro atoms. The molecule has 54 valence electrons. The molecule has 0 aromatic heterocycles. The predicted octanol–water partition coefficient (Wildman–Crippen LogP) is -1.42. The van der Waals surface area contributed by atoms with Crippen molar-refractivity contribution < 1.29 is 69.1 Å². The van der Waals surface area contributed by atoms with E-state index >= 15 is 0 Å². The van der Waals surface area contributed by atoms with E-state index in [1.165, 1.54) is 7.11 Å². The van der Waals surface area contributed by atoms with Crippen LogP contribution < -0.4 is 51.4 Å². The second kappa shape index (κ2) is 5.79. The van der Waals surface area contributed by atoms with E-state index in [0.717, 1.165) is 0 Å². The molecule has 0 atom stereocenters. The first-order valence-corrected chi connectivity index (χ1v) is 2.35. The minimum Gasteiger partial charge on any atom is -0.445 e. The Morgan fingerprint density at radius 2 is 1.90 bits per heavy atom. The maximum Gasteiger partial charge on any atom is 1.00 e. The molecule has 0 aromatic carbocycles. The molecule has 10 heavy (non-hydrogen) atoms. The Morgan fingerprint density at radius 3 is 2.00 bits per heavy atom. The molecule has 0 aliphatic heterocycles. The van der Waals surface area contributed by atoms with Gasteiger partial charge in [-0.15, -0.1) is 12.1 Å². The van der Waals surface area contributed by atoms with Crippen molar-refractivity contribution in [2.75, 3.05) is 13.7 Å². The molecule has 0 radical (unpaired) electrons. The maximum absolute atomic E-state index is 11.5. The van der Waals surface area contributed by atoms with E-state index in [-0.39, 0.29) is 51.4 Å². The zero-order chi connectivity index (χ0) is 7.49. The van der Waals surface area contributed by atoms with Crippen molar-refractivity contribution in [2.24, 2.45) is 0 Å². The van der Waals surface area contributed by atoms with Crippen molar-refractivity contribution in [2.45, 2.75) is 0 Å². The summed E-state index contributed by atoms with van der Waals surface area (Å²) in [6, 6.07) is 0. The fraction of sp³-hybridized carbons (Fsp3) is 0.500. The van der Waals surface area contributed by atoms with Gasteiger partial charge in [0.2, 0.25) is 0 Å². The molecule has 0 unspecified atom stereocenters. The zero-order valence-electron chi connectivity index (χ0n) is 6.03.